The average Bonchev–Trinajstić information content (AvgIpc) is 3.03. The lowest BCUT2D eigenvalue weighted by atomic mass is 10.1. The number of halogens is 1. The van der Waals surface area contributed by atoms with E-state index in [0.717, 1.165) is 34.2 Å². The molecular formula is C35H32FN5O4S. The van der Waals surface area contributed by atoms with Gasteiger partial charge in [-0.25, -0.2) is 8.42 Å². The second-order valence-electron chi connectivity index (χ2n) is 10.7. The van der Waals surface area contributed by atoms with Gasteiger partial charge in [-0.2, -0.15) is 14.6 Å². The lowest BCUT2D eigenvalue weighted by Gasteiger charge is -2.28. The maximum atomic E-state index is 14.3. The summed E-state index contributed by atoms with van der Waals surface area (Å²) in [6.45, 7) is 3.17. The molecule has 0 aliphatic heterocycles. The maximum Gasteiger partial charge on any atom is 0.229 e. The fraction of sp³-hybridized carbons (Fsp3) is 0.171. The summed E-state index contributed by atoms with van der Waals surface area (Å²) in [5, 5.41) is 9.20. The van der Waals surface area contributed by atoms with Gasteiger partial charge in [0.2, 0.25) is 21.9 Å². The molecule has 0 bridgehead atoms. The molecule has 0 atom stereocenters. The molecule has 0 amide bonds. The SMILES string of the molecule is Cc1c(NS(C)(=O)=O)cccc1N(Cc1ccc(C#N)cc1)Cc1ccc(Oc2cc(F)nc(OCCc3cccnc3)c2)cc1. The molecule has 0 aliphatic carbocycles. The van der Waals surface area contributed by atoms with Crippen LogP contribution in [0, 0.1) is 24.2 Å². The van der Waals surface area contributed by atoms with Gasteiger partial charge in [0.1, 0.15) is 11.5 Å². The van der Waals surface area contributed by atoms with Crippen molar-refractivity contribution in [1.82, 2.24) is 9.97 Å². The van der Waals surface area contributed by atoms with Gasteiger partial charge in [-0.15, -0.1) is 0 Å². The Bertz CT molecular complexity index is 1930. The quantitative estimate of drug-likeness (QED) is 0.140. The van der Waals surface area contributed by atoms with E-state index in [4.69, 9.17) is 9.47 Å². The Labute approximate surface area is 268 Å². The van der Waals surface area contributed by atoms with E-state index in [1.807, 2.05) is 55.5 Å². The van der Waals surface area contributed by atoms with Gasteiger partial charge >= 0.3 is 0 Å². The molecule has 0 spiro atoms. The van der Waals surface area contributed by atoms with Gasteiger partial charge in [-0.05, 0) is 71.6 Å². The van der Waals surface area contributed by atoms with Crippen LogP contribution in [0.5, 0.6) is 17.4 Å². The van der Waals surface area contributed by atoms with Gasteiger partial charge in [-0.3, -0.25) is 9.71 Å². The van der Waals surface area contributed by atoms with Crippen LogP contribution in [-0.4, -0.2) is 31.2 Å². The summed E-state index contributed by atoms with van der Waals surface area (Å²) in [6, 6.07) is 28.9. The molecule has 234 valence electrons. The van der Waals surface area contributed by atoms with Crippen LogP contribution in [0.4, 0.5) is 15.8 Å². The van der Waals surface area contributed by atoms with E-state index in [-0.39, 0.29) is 11.6 Å². The van der Waals surface area contributed by atoms with Crippen LogP contribution in [-0.2, 0) is 29.5 Å². The Morgan fingerprint density at radius 3 is 2.28 bits per heavy atom. The molecule has 0 fully saturated rings. The predicted octanol–water partition coefficient (Wildman–Crippen LogP) is 6.79. The molecule has 5 rings (SSSR count). The monoisotopic (exact) mass is 637 g/mol. The lowest BCUT2D eigenvalue weighted by Crippen LogP contribution is -2.23. The van der Waals surface area contributed by atoms with Gasteiger partial charge in [0.05, 0.1) is 30.2 Å². The second-order valence-corrected chi connectivity index (χ2v) is 12.4. The van der Waals surface area contributed by atoms with Crippen LogP contribution < -0.4 is 19.1 Å². The fourth-order valence-corrected chi connectivity index (χ4v) is 5.45. The molecule has 11 heteroatoms. The Kier molecular flexibility index (Phi) is 10.1. The molecule has 3 aromatic carbocycles. The number of ether oxygens (including phenoxy) is 2. The van der Waals surface area contributed by atoms with E-state index >= 15 is 0 Å². The Morgan fingerprint density at radius 1 is 0.913 bits per heavy atom. The average molecular weight is 638 g/mol. The molecule has 2 heterocycles. The summed E-state index contributed by atoms with van der Waals surface area (Å²) in [7, 11) is -3.47. The third-order valence-corrected chi connectivity index (χ3v) is 7.63. The third kappa shape index (κ3) is 9.03. The van der Waals surface area contributed by atoms with Crippen molar-refractivity contribution < 1.29 is 22.3 Å². The number of pyridine rings is 2. The van der Waals surface area contributed by atoms with Crippen molar-refractivity contribution in [2.24, 2.45) is 0 Å². The van der Waals surface area contributed by atoms with Crippen LogP contribution in [0.25, 0.3) is 0 Å². The number of nitriles is 1. The molecule has 0 aliphatic rings. The smallest absolute Gasteiger partial charge is 0.229 e. The van der Waals surface area contributed by atoms with Crippen molar-refractivity contribution in [3.05, 3.63) is 137 Å². The number of benzene rings is 3. The van der Waals surface area contributed by atoms with Crippen LogP contribution in [0.15, 0.2) is 103 Å². The zero-order valence-corrected chi connectivity index (χ0v) is 26.2. The van der Waals surface area contributed by atoms with Crippen LogP contribution in [0.2, 0.25) is 0 Å². The number of sulfonamides is 1. The number of hydrogen-bond acceptors (Lipinski definition) is 8. The number of anilines is 2. The molecule has 0 radical (unpaired) electrons. The standard InChI is InChI=1S/C35H32FN5O4S/c1-25-32(40-46(2,42)43)6-3-7-33(25)41(23-28-10-8-26(21-37)9-11-28)24-29-12-14-30(15-13-29)45-31-19-34(36)39-35(20-31)44-18-16-27-5-4-17-38-22-27/h3-15,17,19-20,22,40H,16,18,23-24H2,1-2H3. The summed E-state index contributed by atoms with van der Waals surface area (Å²) < 4.78 is 52.4. The molecular weight excluding hydrogens is 605 g/mol. The van der Waals surface area contributed by atoms with Gasteiger partial charge < -0.3 is 14.4 Å². The molecule has 46 heavy (non-hydrogen) atoms. The van der Waals surface area contributed by atoms with Crippen LogP contribution in [0.1, 0.15) is 27.8 Å². The fourth-order valence-electron chi connectivity index (χ4n) is 4.83. The predicted molar refractivity (Wildman–Crippen MR) is 175 cm³/mol. The highest BCUT2D eigenvalue weighted by Gasteiger charge is 2.16. The molecule has 9 nitrogen and oxygen atoms in total. The van der Waals surface area contributed by atoms with Gasteiger partial charge in [0, 0.05) is 49.7 Å². The normalized spacial score (nSPS) is 11.0. The summed E-state index contributed by atoms with van der Waals surface area (Å²) in [5.41, 5.74) is 5.64. The van der Waals surface area contributed by atoms with E-state index in [9.17, 15) is 18.1 Å². The first-order chi connectivity index (χ1) is 22.1. The number of aromatic nitrogens is 2. The maximum absolute atomic E-state index is 14.3. The van der Waals surface area contributed by atoms with E-state index in [1.54, 1.807) is 48.8 Å². The van der Waals surface area contributed by atoms with Gasteiger partial charge in [0.15, 0.2) is 0 Å². The molecule has 0 unspecified atom stereocenters. The molecule has 0 saturated carbocycles. The highest BCUT2D eigenvalue weighted by Crippen LogP contribution is 2.31. The van der Waals surface area contributed by atoms with Crippen molar-refractivity contribution in [1.29, 1.82) is 5.26 Å². The number of nitrogens with one attached hydrogen (secondary N) is 1. The Balaban J connectivity index is 1.31. The van der Waals surface area contributed by atoms with E-state index in [0.29, 0.717) is 43.1 Å². The van der Waals surface area contributed by atoms with Crippen LogP contribution in [0.3, 0.4) is 0 Å². The summed E-state index contributed by atoms with van der Waals surface area (Å²) in [4.78, 5) is 10.0. The Morgan fingerprint density at radius 2 is 1.63 bits per heavy atom. The first-order valence-electron chi connectivity index (χ1n) is 14.4. The van der Waals surface area contributed by atoms with E-state index < -0.39 is 16.0 Å². The van der Waals surface area contributed by atoms with E-state index in [1.165, 1.54) is 6.07 Å². The first-order valence-corrected chi connectivity index (χ1v) is 16.3. The molecule has 1 N–H and O–H groups in total. The number of rotatable bonds is 13. The minimum Gasteiger partial charge on any atom is -0.477 e. The van der Waals surface area contributed by atoms with Crippen LogP contribution >= 0.6 is 0 Å². The van der Waals surface area contributed by atoms with Crippen molar-refractivity contribution >= 4 is 21.4 Å². The highest BCUT2D eigenvalue weighted by atomic mass is 32.2. The summed E-state index contributed by atoms with van der Waals surface area (Å²) in [6.07, 6.45) is 5.17. The second kappa shape index (κ2) is 14.5. The first kappa shape index (κ1) is 31.9. The largest absolute Gasteiger partial charge is 0.477 e. The Hall–Kier alpha value is -5.47. The lowest BCUT2D eigenvalue weighted by molar-refractivity contribution is 0.302. The van der Waals surface area contributed by atoms with Gasteiger partial charge in [-0.1, -0.05) is 36.4 Å². The third-order valence-electron chi connectivity index (χ3n) is 7.04. The zero-order chi connectivity index (χ0) is 32.5. The highest BCUT2D eigenvalue weighted by molar-refractivity contribution is 7.92. The zero-order valence-electron chi connectivity index (χ0n) is 25.4. The molecule has 2 aromatic heterocycles. The van der Waals surface area contributed by atoms with Crippen molar-refractivity contribution in [3.8, 4) is 23.4 Å². The topological polar surface area (TPSA) is 117 Å². The number of hydrogen-bond donors (Lipinski definition) is 1. The minimum atomic E-state index is -3.47. The van der Waals surface area contributed by atoms with E-state index in [2.05, 4.69) is 25.7 Å². The van der Waals surface area contributed by atoms with Crippen molar-refractivity contribution in [2.75, 3.05) is 22.5 Å². The molecule has 0 saturated heterocycles. The van der Waals surface area contributed by atoms with Crippen molar-refractivity contribution in [3.63, 3.8) is 0 Å². The minimum absolute atomic E-state index is 0.122. The summed E-state index contributed by atoms with van der Waals surface area (Å²) >= 11 is 0. The van der Waals surface area contributed by atoms with Crippen molar-refractivity contribution in [2.45, 2.75) is 26.4 Å². The molecule has 5 aromatic rings. The summed E-state index contributed by atoms with van der Waals surface area (Å²) in [5.74, 6) is 0.165. The van der Waals surface area contributed by atoms with Gasteiger partial charge in [0.25, 0.3) is 0 Å². The number of nitrogens with zero attached hydrogens (tertiary/aromatic N) is 4.